The summed E-state index contributed by atoms with van der Waals surface area (Å²) in [4.78, 5) is 16.0. The molecule has 0 bridgehead atoms. The summed E-state index contributed by atoms with van der Waals surface area (Å²) in [7, 11) is 2.00. The van der Waals surface area contributed by atoms with Crippen LogP contribution >= 0.6 is 0 Å². The molecule has 0 aromatic heterocycles. The molecule has 1 atom stereocenters. The zero-order valence-corrected chi connectivity index (χ0v) is 10.8. The van der Waals surface area contributed by atoms with E-state index >= 15 is 0 Å². The second-order valence-corrected chi connectivity index (χ2v) is 5.32. The average molecular weight is 227 g/mol. The number of carbonyl (C=O) groups is 1. The van der Waals surface area contributed by atoms with Gasteiger partial charge in [0, 0.05) is 13.1 Å². The fourth-order valence-electron chi connectivity index (χ4n) is 2.19. The number of likely N-dealkylation sites (N-methyl/N-ethyl adjacent to an activating group) is 1. The molecule has 1 aliphatic heterocycles. The summed E-state index contributed by atoms with van der Waals surface area (Å²) in [5.74, 6) is 0.244. The van der Waals surface area contributed by atoms with Gasteiger partial charge in [-0.1, -0.05) is 13.8 Å². The lowest BCUT2D eigenvalue weighted by atomic mass is 9.90. The van der Waals surface area contributed by atoms with Gasteiger partial charge in [0.15, 0.2) is 0 Å². The van der Waals surface area contributed by atoms with Crippen molar-refractivity contribution in [3.63, 3.8) is 0 Å². The highest BCUT2D eigenvalue weighted by Gasteiger charge is 2.34. The van der Waals surface area contributed by atoms with Gasteiger partial charge in [-0.3, -0.25) is 9.69 Å². The van der Waals surface area contributed by atoms with E-state index in [0.29, 0.717) is 13.1 Å². The van der Waals surface area contributed by atoms with E-state index in [9.17, 15) is 4.79 Å². The minimum absolute atomic E-state index is 0.138. The molecule has 0 aromatic carbocycles. The standard InChI is InChI=1S/C12H25N3O/c1-4-6-14(3)8-11(16)15-7-5-12(2,9-13)10-15/h4-10,13H2,1-3H3. The summed E-state index contributed by atoms with van der Waals surface area (Å²) in [6, 6.07) is 0. The Bertz CT molecular complexity index is 244. The predicted molar refractivity (Wildman–Crippen MR) is 66.1 cm³/mol. The lowest BCUT2D eigenvalue weighted by Gasteiger charge is -2.24. The summed E-state index contributed by atoms with van der Waals surface area (Å²) < 4.78 is 0. The molecule has 1 amide bonds. The highest BCUT2D eigenvalue weighted by atomic mass is 16.2. The molecular formula is C12H25N3O. The number of hydrogen-bond acceptors (Lipinski definition) is 3. The molecule has 0 aromatic rings. The van der Waals surface area contributed by atoms with Gasteiger partial charge in [0.2, 0.25) is 5.91 Å². The quantitative estimate of drug-likeness (QED) is 0.745. The van der Waals surface area contributed by atoms with Gasteiger partial charge in [-0.15, -0.1) is 0 Å². The SMILES string of the molecule is CCCN(C)CC(=O)N1CCC(C)(CN)C1. The third kappa shape index (κ3) is 3.46. The van der Waals surface area contributed by atoms with Crippen LogP contribution < -0.4 is 5.73 Å². The minimum Gasteiger partial charge on any atom is -0.341 e. The number of rotatable bonds is 5. The number of likely N-dealkylation sites (tertiary alicyclic amines) is 1. The molecule has 0 spiro atoms. The summed E-state index contributed by atoms with van der Waals surface area (Å²) in [6.45, 7) is 8.16. The number of nitrogens with zero attached hydrogens (tertiary/aromatic N) is 2. The first-order valence-corrected chi connectivity index (χ1v) is 6.17. The molecule has 1 aliphatic rings. The highest BCUT2D eigenvalue weighted by molar-refractivity contribution is 5.78. The van der Waals surface area contributed by atoms with Gasteiger partial charge in [-0.25, -0.2) is 0 Å². The first-order chi connectivity index (χ1) is 7.50. The molecule has 94 valence electrons. The lowest BCUT2D eigenvalue weighted by Crippen LogP contribution is -2.40. The van der Waals surface area contributed by atoms with Crippen molar-refractivity contribution in [3.8, 4) is 0 Å². The van der Waals surface area contributed by atoms with Crippen LogP contribution in [0.3, 0.4) is 0 Å². The van der Waals surface area contributed by atoms with Crippen molar-refractivity contribution in [2.45, 2.75) is 26.7 Å². The molecule has 0 saturated carbocycles. The van der Waals surface area contributed by atoms with Crippen LogP contribution in [0.25, 0.3) is 0 Å². The fourth-order valence-corrected chi connectivity index (χ4v) is 2.19. The second kappa shape index (κ2) is 5.64. The van der Waals surface area contributed by atoms with E-state index in [1.807, 2.05) is 11.9 Å². The molecule has 1 unspecified atom stereocenters. The topological polar surface area (TPSA) is 49.6 Å². The molecule has 2 N–H and O–H groups in total. The number of amides is 1. The van der Waals surface area contributed by atoms with Crippen molar-refractivity contribution < 1.29 is 4.79 Å². The molecule has 0 radical (unpaired) electrons. The van der Waals surface area contributed by atoms with Crippen molar-refractivity contribution >= 4 is 5.91 Å². The summed E-state index contributed by atoms with van der Waals surface area (Å²) in [5, 5.41) is 0. The fraction of sp³-hybridized carbons (Fsp3) is 0.917. The molecule has 4 heteroatoms. The molecule has 1 fully saturated rings. The lowest BCUT2D eigenvalue weighted by molar-refractivity contribution is -0.131. The van der Waals surface area contributed by atoms with E-state index in [-0.39, 0.29) is 11.3 Å². The zero-order chi connectivity index (χ0) is 12.2. The third-order valence-corrected chi connectivity index (χ3v) is 3.41. The normalized spacial score (nSPS) is 25.4. The zero-order valence-electron chi connectivity index (χ0n) is 10.8. The Morgan fingerprint density at radius 1 is 1.56 bits per heavy atom. The van der Waals surface area contributed by atoms with Gasteiger partial charge < -0.3 is 10.6 Å². The van der Waals surface area contributed by atoms with Gasteiger partial charge in [-0.05, 0) is 38.4 Å². The van der Waals surface area contributed by atoms with Crippen LogP contribution in [0.15, 0.2) is 0 Å². The van der Waals surface area contributed by atoms with E-state index in [4.69, 9.17) is 5.73 Å². The van der Waals surface area contributed by atoms with E-state index in [2.05, 4.69) is 18.7 Å². The van der Waals surface area contributed by atoms with Gasteiger partial charge in [0.1, 0.15) is 0 Å². The first kappa shape index (κ1) is 13.5. The van der Waals surface area contributed by atoms with Crippen LogP contribution in [0.1, 0.15) is 26.7 Å². The predicted octanol–water partition coefficient (Wildman–Crippen LogP) is 0.526. The number of nitrogens with two attached hydrogens (primary N) is 1. The van der Waals surface area contributed by atoms with Gasteiger partial charge in [0.05, 0.1) is 6.54 Å². The van der Waals surface area contributed by atoms with Crippen molar-refractivity contribution in [2.24, 2.45) is 11.1 Å². The maximum atomic E-state index is 12.0. The largest absolute Gasteiger partial charge is 0.341 e. The van der Waals surface area contributed by atoms with E-state index in [1.54, 1.807) is 0 Å². The van der Waals surface area contributed by atoms with E-state index < -0.39 is 0 Å². The molecule has 1 saturated heterocycles. The van der Waals surface area contributed by atoms with Crippen LogP contribution in [0, 0.1) is 5.41 Å². The van der Waals surface area contributed by atoms with Crippen LogP contribution in [-0.2, 0) is 4.79 Å². The van der Waals surface area contributed by atoms with Gasteiger partial charge in [-0.2, -0.15) is 0 Å². The number of carbonyl (C=O) groups excluding carboxylic acids is 1. The molecule has 1 rings (SSSR count). The molecule has 16 heavy (non-hydrogen) atoms. The first-order valence-electron chi connectivity index (χ1n) is 6.17. The van der Waals surface area contributed by atoms with Crippen molar-refractivity contribution in [1.82, 2.24) is 9.80 Å². The monoisotopic (exact) mass is 227 g/mol. The maximum absolute atomic E-state index is 12.0. The van der Waals surface area contributed by atoms with Crippen LogP contribution in [0.5, 0.6) is 0 Å². The highest BCUT2D eigenvalue weighted by Crippen LogP contribution is 2.28. The van der Waals surface area contributed by atoms with Crippen molar-refractivity contribution in [1.29, 1.82) is 0 Å². The van der Waals surface area contributed by atoms with Crippen LogP contribution in [-0.4, -0.2) is 55.5 Å². The minimum atomic E-state index is 0.138. The average Bonchev–Trinajstić information content (AvgIpc) is 2.62. The Hall–Kier alpha value is -0.610. The Morgan fingerprint density at radius 3 is 2.75 bits per heavy atom. The van der Waals surface area contributed by atoms with Crippen molar-refractivity contribution in [3.05, 3.63) is 0 Å². The number of hydrogen-bond donors (Lipinski definition) is 1. The maximum Gasteiger partial charge on any atom is 0.236 e. The van der Waals surface area contributed by atoms with E-state index in [0.717, 1.165) is 32.5 Å². The Labute approximate surface area is 98.8 Å². The van der Waals surface area contributed by atoms with Crippen LogP contribution in [0.2, 0.25) is 0 Å². The summed E-state index contributed by atoms with van der Waals surface area (Å²) in [6.07, 6.45) is 2.12. The summed E-state index contributed by atoms with van der Waals surface area (Å²) >= 11 is 0. The van der Waals surface area contributed by atoms with Gasteiger partial charge >= 0.3 is 0 Å². The van der Waals surface area contributed by atoms with Crippen LogP contribution in [0.4, 0.5) is 0 Å². The Morgan fingerprint density at radius 2 is 2.25 bits per heavy atom. The Kier molecular flexibility index (Phi) is 4.74. The molecule has 0 aliphatic carbocycles. The molecule has 4 nitrogen and oxygen atoms in total. The molecule has 1 heterocycles. The smallest absolute Gasteiger partial charge is 0.236 e. The second-order valence-electron chi connectivity index (χ2n) is 5.32. The third-order valence-electron chi connectivity index (χ3n) is 3.41. The van der Waals surface area contributed by atoms with E-state index in [1.165, 1.54) is 0 Å². The molecular weight excluding hydrogens is 202 g/mol. The van der Waals surface area contributed by atoms with Crippen molar-refractivity contribution in [2.75, 3.05) is 39.8 Å². The Balaban J connectivity index is 2.39. The van der Waals surface area contributed by atoms with Gasteiger partial charge in [0.25, 0.3) is 0 Å². The summed E-state index contributed by atoms with van der Waals surface area (Å²) in [5.41, 5.74) is 5.87.